The van der Waals surface area contributed by atoms with Gasteiger partial charge in [0.25, 0.3) is 0 Å². The van der Waals surface area contributed by atoms with Gasteiger partial charge < -0.3 is 15.3 Å². The van der Waals surface area contributed by atoms with E-state index in [1.165, 1.54) is 4.90 Å². The molecule has 0 spiro atoms. The Hall–Kier alpha value is -1.77. The van der Waals surface area contributed by atoms with Crippen molar-refractivity contribution in [3.8, 4) is 6.07 Å². The van der Waals surface area contributed by atoms with Crippen molar-refractivity contribution in [3.05, 3.63) is 0 Å². The average molecular weight is 295 g/mol. The molecule has 1 aliphatic carbocycles. The third kappa shape index (κ3) is 4.92. The number of carboxylic acids is 1. The number of carboxylic acid groups (broad SMARTS) is 1. The summed E-state index contributed by atoms with van der Waals surface area (Å²) in [4.78, 5) is 25.3. The zero-order valence-electron chi connectivity index (χ0n) is 12.7. The van der Waals surface area contributed by atoms with Gasteiger partial charge in [0.1, 0.15) is 0 Å². The molecule has 2 N–H and O–H groups in total. The number of aliphatic carboxylic acids is 1. The molecule has 118 valence electrons. The Morgan fingerprint density at radius 3 is 2.38 bits per heavy atom. The molecule has 0 aromatic heterocycles. The lowest BCUT2D eigenvalue weighted by molar-refractivity contribution is -0.149. The number of rotatable bonds is 6. The van der Waals surface area contributed by atoms with Gasteiger partial charge in [0, 0.05) is 19.6 Å². The van der Waals surface area contributed by atoms with Crippen LogP contribution in [-0.2, 0) is 4.79 Å². The van der Waals surface area contributed by atoms with Gasteiger partial charge in [-0.15, -0.1) is 0 Å². The molecular formula is C15H25N3O3. The van der Waals surface area contributed by atoms with Crippen LogP contribution in [0.2, 0.25) is 0 Å². The van der Waals surface area contributed by atoms with E-state index in [4.69, 9.17) is 5.26 Å². The molecule has 1 rings (SSSR count). The molecule has 0 unspecified atom stereocenters. The normalized spacial score (nSPS) is 17.3. The fraction of sp³-hybridized carbons (Fsp3) is 0.800. The summed E-state index contributed by atoms with van der Waals surface area (Å²) in [5.41, 5.74) is -0.833. The highest BCUT2D eigenvalue weighted by Crippen LogP contribution is 2.34. The van der Waals surface area contributed by atoms with Crippen molar-refractivity contribution in [2.24, 2.45) is 5.41 Å². The Balaban J connectivity index is 2.62. The van der Waals surface area contributed by atoms with Crippen molar-refractivity contribution in [1.82, 2.24) is 10.2 Å². The van der Waals surface area contributed by atoms with Crippen LogP contribution in [-0.4, -0.2) is 41.6 Å². The van der Waals surface area contributed by atoms with E-state index in [-0.39, 0.29) is 19.0 Å². The van der Waals surface area contributed by atoms with Crippen LogP contribution >= 0.6 is 0 Å². The molecule has 1 fully saturated rings. The van der Waals surface area contributed by atoms with Crippen LogP contribution in [0.4, 0.5) is 4.79 Å². The lowest BCUT2D eigenvalue weighted by Gasteiger charge is -2.30. The minimum Gasteiger partial charge on any atom is -0.481 e. The van der Waals surface area contributed by atoms with Gasteiger partial charge in [-0.2, -0.15) is 5.26 Å². The molecule has 2 amide bonds. The predicted molar refractivity (Wildman–Crippen MR) is 78.6 cm³/mol. The maximum absolute atomic E-state index is 12.1. The second kappa shape index (κ2) is 8.50. The molecule has 21 heavy (non-hydrogen) atoms. The minimum atomic E-state index is -0.833. The molecule has 0 bridgehead atoms. The van der Waals surface area contributed by atoms with Crippen LogP contribution < -0.4 is 5.32 Å². The summed E-state index contributed by atoms with van der Waals surface area (Å²) >= 11 is 0. The van der Waals surface area contributed by atoms with Crippen molar-refractivity contribution in [1.29, 1.82) is 5.26 Å². The van der Waals surface area contributed by atoms with Crippen molar-refractivity contribution in [2.45, 2.75) is 51.9 Å². The molecule has 0 aliphatic heterocycles. The Morgan fingerprint density at radius 1 is 1.29 bits per heavy atom. The van der Waals surface area contributed by atoms with E-state index in [2.05, 4.69) is 5.32 Å². The van der Waals surface area contributed by atoms with Crippen molar-refractivity contribution in [3.63, 3.8) is 0 Å². The highest BCUT2D eigenvalue weighted by molar-refractivity contribution is 5.78. The number of hydrogen-bond acceptors (Lipinski definition) is 3. The summed E-state index contributed by atoms with van der Waals surface area (Å²) in [5.74, 6) is -0.815. The first-order chi connectivity index (χ1) is 10.1. The summed E-state index contributed by atoms with van der Waals surface area (Å²) in [6.07, 6.45) is 5.44. The number of carbonyl (C=O) groups excluding carboxylic acids is 1. The summed E-state index contributed by atoms with van der Waals surface area (Å²) in [5, 5.41) is 20.9. The summed E-state index contributed by atoms with van der Waals surface area (Å²) in [6, 6.07) is 1.73. The lowest BCUT2D eigenvalue weighted by Crippen LogP contribution is -2.47. The van der Waals surface area contributed by atoms with Crippen molar-refractivity contribution >= 4 is 12.0 Å². The topological polar surface area (TPSA) is 93.4 Å². The van der Waals surface area contributed by atoms with Gasteiger partial charge in [-0.1, -0.05) is 25.7 Å². The Bertz CT molecular complexity index is 395. The molecule has 0 aromatic carbocycles. The third-order valence-corrected chi connectivity index (χ3v) is 4.25. The third-order valence-electron chi connectivity index (χ3n) is 4.25. The molecule has 0 radical (unpaired) electrons. The summed E-state index contributed by atoms with van der Waals surface area (Å²) in [6.45, 7) is 2.90. The molecule has 0 aromatic rings. The van der Waals surface area contributed by atoms with Gasteiger partial charge in [-0.25, -0.2) is 4.79 Å². The smallest absolute Gasteiger partial charge is 0.317 e. The average Bonchev–Trinajstić information content (AvgIpc) is 2.72. The van der Waals surface area contributed by atoms with Crippen LogP contribution in [0, 0.1) is 16.7 Å². The van der Waals surface area contributed by atoms with E-state index in [1.54, 1.807) is 0 Å². The number of urea groups is 1. The predicted octanol–water partition coefficient (Wildman–Crippen LogP) is 2.36. The Kier molecular flexibility index (Phi) is 7.00. The van der Waals surface area contributed by atoms with Crippen LogP contribution in [0.3, 0.4) is 0 Å². The molecule has 0 saturated heterocycles. The number of carbonyl (C=O) groups is 2. The first-order valence-electron chi connectivity index (χ1n) is 7.69. The maximum atomic E-state index is 12.1. The van der Waals surface area contributed by atoms with Gasteiger partial charge in [0.15, 0.2) is 0 Å². The van der Waals surface area contributed by atoms with Crippen LogP contribution in [0.1, 0.15) is 51.9 Å². The standard InChI is InChI=1S/C15H25N3O3/c1-2-18(11-7-10-16)14(21)17-12-15(13(19)20)8-5-3-4-6-9-15/h2-9,11-12H2,1H3,(H,17,21)(H,19,20). The molecule has 6 nitrogen and oxygen atoms in total. The number of nitrogens with zero attached hydrogens (tertiary/aromatic N) is 2. The van der Waals surface area contributed by atoms with Crippen molar-refractivity contribution < 1.29 is 14.7 Å². The van der Waals surface area contributed by atoms with Crippen LogP contribution in [0.15, 0.2) is 0 Å². The fourth-order valence-corrected chi connectivity index (χ4v) is 2.82. The summed E-state index contributed by atoms with van der Waals surface area (Å²) < 4.78 is 0. The number of hydrogen-bond donors (Lipinski definition) is 2. The Labute approximate surface area is 126 Å². The lowest BCUT2D eigenvalue weighted by atomic mass is 9.80. The summed E-state index contributed by atoms with van der Waals surface area (Å²) in [7, 11) is 0. The van der Waals surface area contributed by atoms with Gasteiger partial charge in [0.05, 0.1) is 17.9 Å². The molecular weight excluding hydrogens is 270 g/mol. The minimum absolute atomic E-state index is 0.171. The monoisotopic (exact) mass is 295 g/mol. The molecule has 0 heterocycles. The highest BCUT2D eigenvalue weighted by Gasteiger charge is 2.39. The van der Waals surface area contributed by atoms with Crippen LogP contribution in [0.5, 0.6) is 0 Å². The Morgan fingerprint density at radius 2 is 1.90 bits per heavy atom. The number of amides is 2. The van der Waals surface area contributed by atoms with Gasteiger partial charge in [-0.05, 0) is 19.8 Å². The van der Waals surface area contributed by atoms with E-state index < -0.39 is 11.4 Å². The second-order valence-electron chi connectivity index (χ2n) is 5.65. The second-order valence-corrected chi connectivity index (χ2v) is 5.65. The molecule has 0 atom stereocenters. The van der Waals surface area contributed by atoms with Crippen molar-refractivity contribution in [2.75, 3.05) is 19.6 Å². The van der Waals surface area contributed by atoms with E-state index >= 15 is 0 Å². The number of nitriles is 1. The van der Waals surface area contributed by atoms with Crippen LogP contribution in [0.25, 0.3) is 0 Å². The van der Waals surface area contributed by atoms with E-state index in [1.807, 2.05) is 13.0 Å². The quantitative estimate of drug-likeness (QED) is 0.735. The number of nitrogens with one attached hydrogen (secondary N) is 1. The zero-order chi connectivity index (χ0) is 15.7. The maximum Gasteiger partial charge on any atom is 0.317 e. The molecule has 6 heteroatoms. The van der Waals surface area contributed by atoms with Gasteiger partial charge >= 0.3 is 12.0 Å². The molecule has 1 saturated carbocycles. The van der Waals surface area contributed by atoms with Gasteiger partial charge in [0.2, 0.25) is 0 Å². The fourth-order valence-electron chi connectivity index (χ4n) is 2.82. The van der Waals surface area contributed by atoms with E-state index in [0.29, 0.717) is 25.9 Å². The van der Waals surface area contributed by atoms with E-state index in [0.717, 1.165) is 25.7 Å². The largest absolute Gasteiger partial charge is 0.481 e. The van der Waals surface area contributed by atoms with E-state index in [9.17, 15) is 14.7 Å². The first-order valence-corrected chi connectivity index (χ1v) is 7.69. The highest BCUT2D eigenvalue weighted by atomic mass is 16.4. The van der Waals surface area contributed by atoms with Gasteiger partial charge in [-0.3, -0.25) is 4.79 Å². The SMILES string of the molecule is CCN(CCC#N)C(=O)NCC1(C(=O)O)CCCCCC1. The zero-order valence-corrected chi connectivity index (χ0v) is 12.7. The first kappa shape index (κ1) is 17.3. The molecule has 1 aliphatic rings.